The van der Waals surface area contributed by atoms with Crippen molar-refractivity contribution in [2.45, 2.75) is 13.0 Å². The molecule has 2 amide bonds. The van der Waals surface area contributed by atoms with Crippen LogP contribution >= 0.6 is 0 Å². The largest absolute Gasteiger partial charge is 0.466 e. The van der Waals surface area contributed by atoms with E-state index in [1.54, 1.807) is 55.5 Å². The van der Waals surface area contributed by atoms with E-state index in [0.717, 1.165) is 0 Å². The van der Waals surface area contributed by atoms with Crippen molar-refractivity contribution in [3.63, 3.8) is 0 Å². The van der Waals surface area contributed by atoms with Gasteiger partial charge < -0.3 is 10.1 Å². The number of nitrogens with zero attached hydrogens (tertiary/aromatic N) is 3. The Hall–Kier alpha value is -4.10. The molecule has 7 nitrogen and oxygen atoms in total. The zero-order valence-corrected chi connectivity index (χ0v) is 15.3. The maximum absolute atomic E-state index is 12.9. The molecule has 0 unspecified atom stereocenters. The summed E-state index contributed by atoms with van der Waals surface area (Å²) in [6, 6.07) is 16.0. The van der Waals surface area contributed by atoms with Gasteiger partial charge in [0.1, 0.15) is 0 Å². The van der Waals surface area contributed by atoms with E-state index >= 15 is 0 Å². The fraction of sp³-hybridized carbons (Fsp3) is 0.143. The van der Waals surface area contributed by atoms with Crippen LogP contribution in [0.1, 0.15) is 29.7 Å². The van der Waals surface area contributed by atoms with Crippen molar-refractivity contribution in [2.24, 2.45) is 0 Å². The van der Waals surface area contributed by atoms with Crippen LogP contribution < -0.4 is 10.2 Å². The summed E-state index contributed by atoms with van der Waals surface area (Å²) in [5, 5.41) is 20.9. The third kappa shape index (κ3) is 3.29. The Balaban J connectivity index is 2.13. The van der Waals surface area contributed by atoms with Crippen LogP contribution in [0.15, 0.2) is 59.8 Å². The Morgan fingerprint density at radius 3 is 2.39 bits per heavy atom. The highest BCUT2D eigenvalue weighted by Crippen LogP contribution is 2.34. The zero-order valence-electron chi connectivity index (χ0n) is 15.3. The Morgan fingerprint density at radius 1 is 1.11 bits per heavy atom. The van der Waals surface area contributed by atoms with Gasteiger partial charge >= 0.3 is 12.0 Å². The minimum atomic E-state index is -0.747. The van der Waals surface area contributed by atoms with Gasteiger partial charge in [-0.1, -0.05) is 12.1 Å². The molecule has 2 aromatic rings. The van der Waals surface area contributed by atoms with Gasteiger partial charge in [0.15, 0.2) is 0 Å². The lowest BCUT2D eigenvalue weighted by Gasteiger charge is -2.35. The monoisotopic (exact) mass is 372 g/mol. The highest BCUT2D eigenvalue weighted by atomic mass is 16.5. The Labute approximate surface area is 162 Å². The molecular formula is C21H16N4O3. The second-order valence-electron chi connectivity index (χ2n) is 6.10. The van der Waals surface area contributed by atoms with Gasteiger partial charge in [0.2, 0.25) is 0 Å². The molecule has 1 N–H and O–H groups in total. The summed E-state index contributed by atoms with van der Waals surface area (Å²) in [6.45, 7) is 1.66. The molecule has 138 valence electrons. The first-order valence-electron chi connectivity index (χ1n) is 8.40. The lowest BCUT2D eigenvalue weighted by molar-refractivity contribution is -0.136. The number of nitrogens with one attached hydrogen (secondary N) is 1. The molecule has 1 heterocycles. The first-order chi connectivity index (χ1) is 13.5. The zero-order chi connectivity index (χ0) is 20.3. The molecule has 0 radical (unpaired) electrons. The molecule has 1 aliphatic heterocycles. The van der Waals surface area contributed by atoms with Gasteiger partial charge in [0, 0.05) is 5.70 Å². The summed E-state index contributed by atoms with van der Waals surface area (Å²) in [4.78, 5) is 26.7. The van der Waals surface area contributed by atoms with Gasteiger partial charge in [-0.15, -0.1) is 0 Å². The van der Waals surface area contributed by atoms with Gasteiger partial charge in [-0.25, -0.2) is 9.59 Å². The van der Waals surface area contributed by atoms with E-state index in [4.69, 9.17) is 15.3 Å². The average Bonchev–Trinajstić information content (AvgIpc) is 2.73. The standard InChI is InChI=1S/C21H16N4O3/c1-13-18(20(26)28-2)19(16-5-3-4-15(10-16)12-23)24-21(27)25(13)17-8-6-14(11-22)7-9-17/h3-10,19H,1-2H3,(H,24,27)/t19-/m0/s1. The fourth-order valence-corrected chi connectivity index (χ4v) is 3.15. The SMILES string of the molecule is COC(=O)C1=C(C)N(c2ccc(C#N)cc2)C(=O)N[C@H]1c1cccc(C#N)c1. The second-order valence-corrected chi connectivity index (χ2v) is 6.10. The smallest absolute Gasteiger partial charge is 0.337 e. The van der Waals surface area contributed by atoms with Gasteiger partial charge in [0.05, 0.1) is 47.7 Å². The average molecular weight is 372 g/mol. The van der Waals surface area contributed by atoms with Gasteiger partial charge in [-0.2, -0.15) is 10.5 Å². The summed E-state index contributed by atoms with van der Waals surface area (Å²) in [5.74, 6) is -0.580. The molecule has 0 bridgehead atoms. The first kappa shape index (κ1) is 18.7. The normalized spacial score (nSPS) is 16.1. The number of carbonyl (C=O) groups excluding carboxylic acids is 2. The van der Waals surface area contributed by atoms with Crippen molar-refractivity contribution in [2.75, 3.05) is 12.0 Å². The third-order valence-electron chi connectivity index (χ3n) is 4.49. The van der Waals surface area contributed by atoms with E-state index in [1.165, 1.54) is 12.0 Å². The third-order valence-corrected chi connectivity index (χ3v) is 4.49. The van der Waals surface area contributed by atoms with E-state index in [9.17, 15) is 9.59 Å². The Kier molecular flexibility index (Phi) is 5.10. The second kappa shape index (κ2) is 7.65. The number of ether oxygens (including phenoxy) is 1. The van der Waals surface area contributed by atoms with Crippen LogP contribution in [0.25, 0.3) is 0 Å². The quantitative estimate of drug-likeness (QED) is 0.833. The number of benzene rings is 2. The number of carbonyl (C=O) groups is 2. The number of amides is 2. The van der Waals surface area contributed by atoms with Crippen LogP contribution in [0.4, 0.5) is 10.5 Å². The Morgan fingerprint density at radius 2 is 1.79 bits per heavy atom. The molecular weight excluding hydrogens is 356 g/mol. The highest BCUT2D eigenvalue weighted by Gasteiger charge is 2.37. The molecule has 0 aliphatic carbocycles. The van der Waals surface area contributed by atoms with Crippen molar-refractivity contribution >= 4 is 17.7 Å². The number of allylic oxidation sites excluding steroid dienone is 1. The first-order valence-corrected chi connectivity index (χ1v) is 8.40. The van der Waals surface area contributed by atoms with Gasteiger partial charge in [-0.3, -0.25) is 4.90 Å². The molecule has 0 aromatic heterocycles. The van der Waals surface area contributed by atoms with Gasteiger partial charge in [0.25, 0.3) is 0 Å². The summed E-state index contributed by atoms with van der Waals surface area (Å²) in [7, 11) is 1.27. The molecule has 0 saturated heterocycles. The number of esters is 1. The molecule has 3 rings (SSSR count). The minimum Gasteiger partial charge on any atom is -0.466 e. The maximum atomic E-state index is 12.9. The number of hydrogen-bond acceptors (Lipinski definition) is 5. The molecule has 1 atom stereocenters. The summed E-state index contributed by atoms with van der Waals surface area (Å²) in [6.07, 6.45) is 0. The van der Waals surface area contributed by atoms with Crippen LogP contribution in [-0.4, -0.2) is 19.1 Å². The molecule has 1 aliphatic rings. The highest BCUT2D eigenvalue weighted by molar-refractivity contribution is 6.03. The van der Waals surface area contributed by atoms with Crippen LogP contribution in [-0.2, 0) is 9.53 Å². The lowest BCUT2D eigenvalue weighted by atomic mass is 9.93. The molecule has 0 saturated carbocycles. The van der Waals surface area contributed by atoms with Crippen molar-refractivity contribution < 1.29 is 14.3 Å². The summed E-state index contributed by atoms with van der Waals surface area (Å²) >= 11 is 0. The number of hydrogen-bond donors (Lipinski definition) is 1. The molecule has 0 fully saturated rings. The summed E-state index contributed by atoms with van der Waals surface area (Å²) in [5.41, 5.74) is 2.67. The number of rotatable bonds is 3. The molecule has 28 heavy (non-hydrogen) atoms. The molecule has 0 spiro atoms. The van der Waals surface area contributed by atoms with Crippen molar-refractivity contribution in [1.29, 1.82) is 10.5 Å². The number of anilines is 1. The van der Waals surface area contributed by atoms with Crippen molar-refractivity contribution in [1.82, 2.24) is 5.32 Å². The van der Waals surface area contributed by atoms with E-state index in [1.807, 2.05) is 6.07 Å². The molecule has 2 aromatic carbocycles. The predicted molar refractivity (Wildman–Crippen MR) is 101 cm³/mol. The predicted octanol–water partition coefficient (Wildman–Crippen LogP) is 3.15. The van der Waals surface area contributed by atoms with Crippen molar-refractivity contribution in [3.05, 3.63) is 76.5 Å². The molecule has 7 heteroatoms. The summed E-state index contributed by atoms with van der Waals surface area (Å²) < 4.78 is 4.94. The number of urea groups is 1. The van der Waals surface area contributed by atoms with Crippen LogP contribution in [0.5, 0.6) is 0 Å². The Bertz CT molecular complexity index is 1060. The van der Waals surface area contributed by atoms with E-state index < -0.39 is 18.0 Å². The number of methoxy groups -OCH3 is 1. The van der Waals surface area contributed by atoms with E-state index in [2.05, 4.69) is 11.4 Å². The maximum Gasteiger partial charge on any atom is 0.337 e. The number of nitriles is 2. The minimum absolute atomic E-state index is 0.265. The lowest BCUT2D eigenvalue weighted by Crippen LogP contribution is -2.48. The topological polar surface area (TPSA) is 106 Å². The van der Waals surface area contributed by atoms with Crippen LogP contribution in [0, 0.1) is 22.7 Å². The fourth-order valence-electron chi connectivity index (χ4n) is 3.15. The van der Waals surface area contributed by atoms with E-state index in [-0.39, 0.29) is 5.57 Å². The van der Waals surface area contributed by atoms with Gasteiger partial charge in [-0.05, 0) is 48.9 Å². The van der Waals surface area contributed by atoms with E-state index in [0.29, 0.717) is 28.1 Å². The van der Waals surface area contributed by atoms with Crippen LogP contribution in [0.2, 0.25) is 0 Å². The van der Waals surface area contributed by atoms with Crippen LogP contribution in [0.3, 0.4) is 0 Å². The van der Waals surface area contributed by atoms with Crippen molar-refractivity contribution in [3.8, 4) is 12.1 Å².